The van der Waals surface area contributed by atoms with E-state index in [1.54, 1.807) is 0 Å². The smallest absolute Gasteiger partial charge is 0.310 e. The Morgan fingerprint density at radius 3 is 2.00 bits per heavy atom. The van der Waals surface area contributed by atoms with Crippen LogP contribution in [-0.2, 0) is 32.1 Å². The minimum absolute atomic E-state index is 0.228. The van der Waals surface area contributed by atoms with Gasteiger partial charge in [-0.3, -0.25) is 9.59 Å². The number of ether oxygens (including phenoxy) is 2. The molecule has 0 amide bonds. The lowest BCUT2D eigenvalue weighted by Crippen LogP contribution is -2.11. The third-order valence-corrected chi connectivity index (χ3v) is 3.22. The van der Waals surface area contributed by atoms with Crippen LogP contribution in [0, 0.1) is 0 Å². The van der Waals surface area contributed by atoms with Crippen LogP contribution in [0.4, 0.5) is 0 Å². The first-order chi connectivity index (χ1) is 11.2. The van der Waals surface area contributed by atoms with Gasteiger partial charge >= 0.3 is 11.9 Å². The number of carbonyl (C=O) groups is 2. The Labute approximate surface area is 136 Å². The van der Waals surface area contributed by atoms with Crippen molar-refractivity contribution in [1.29, 1.82) is 0 Å². The van der Waals surface area contributed by atoms with Gasteiger partial charge in [0.15, 0.2) is 0 Å². The van der Waals surface area contributed by atoms with Gasteiger partial charge in [0.1, 0.15) is 6.61 Å². The number of carbonyl (C=O) groups excluding carboxylic acids is 2. The standard InChI is InChI=1S/C19H20O4/c20-18(23-15-17-10-5-2-6-11-17)12-7-13-22-19(21)14-16-8-3-1-4-9-16/h1-6,8-11H,7,12-15H2. The van der Waals surface area contributed by atoms with Gasteiger partial charge in [-0.25, -0.2) is 0 Å². The Hall–Kier alpha value is -2.62. The quantitative estimate of drug-likeness (QED) is 0.554. The minimum atomic E-state index is -0.284. The van der Waals surface area contributed by atoms with Crippen LogP contribution in [0.1, 0.15) is 24.0 Å². The molecule has 0 radical (unpaired) electrons. The molecule has 0 aliphatic rings. The van der Waals surface area contributed by atoms with Crippen molar-refractivity contribution < 1.29 is 19.1 Å². The number of hydrogen-bond acceptors (Lipinski definition) is 4. The van der Waals surface area contributed by atoms with Crippen LogP contribution in [0.5, 0.6) is 0 Å². The van der Waals surface area contributed by atoms with Gasteiger partial charge in [0.25, 0.3) is 0 Å². The molecule has 0 aliphatic carbocycles. The minimum Gasteiger partial charge on any atom is -0.465 e. The van der Waals surface area contributed by atoms with Crippen molar-refractivity contribution >= 4 is 11.9 Å². The summed E-state index contributed by atoms with van der Waals surface area (Å²) in [5.41, 5.74) is 1.87. The first kappa shape index (κ1) is 16.7. The molecule has 0 fully saturated rings. The summed E-state index contributed by atoms with van der Waals surface area (Å²) >= 11 is 0. The van der Waals surface area contributed by atoms with Crippen LogP contribution in [-0.4, -0.2) is 18.5 Å². The molecule has 2 rings (SSSR count). The number of rotatable bonds is 8. The van der Waals surface area contributed by atoms with Gasteiger partial charge in [-0.1, -0.05) is 60.7 Å². The monoisotopic (exact) mass is 312 g/mol. The molecular formula is C19H20O4. The van der Waals surface area contributed by atoms with Gasteiger partial charge in [-0.15, -0.1) is 0 Å². The highest BCUT2D eigenvalue weighted by molar-refractivity contribution is 5.72. The highest BCUT2D eigenvalue weighted by Crippen LogP contribution is 2.04. The van der Waals surface area contributed by atoms with E-state index < -0.39 is 0 Å². The van der Waals surface area contributed by atoms with Crippen LogP contribution in [0.3, 0.4) is 0 Å². The maximum absolute atomic E-state index is 11.6. The van der Waals surface area contributed by atoms with Gasteiger partial charge in [0.05, 0.1) is 13.0 Å². The molecule has 0 unspecified atom stereocenters. The molecule has 2 aromatic carbocycles. The summed E-state index contributed by atoms with van der Waals surface area (Å²) in [7, 11) is 0. The predicted octanol–water partition coefficient (Wildman–Crippen LogP) is 3.30. The molecule has 4 heteroatoms. The van der Waals surface area contributed by atoms with Crippen LogP contribution < -0.4 is 0 Å². The summed E-state index contributed by atoms with van der Waals surface area (Å²) in [6.07, 6.45) is 0.957. The maximum Gasteiger partial charge on any atom is 0.310 e. The highest BCUT2D eigenvalue weighted by atomic mass is 16.5. The topological polar surface area (TPSA) is 52.6 Å². The largest absolute Gasteiger partial charge is 0.465 e. The number of benzene rings is 2. The molecule has 4 nitrogen and oxygen atoms in total. The normalized spacial score (nSPS) is 10.1. The molecule has 23 heavy (non-hydrogen) atoms. The lowest BCUT2D eigenvalue weighted by molar-refractivity contribution is -0.148. The van der Waals surface area contributed by atoms with Gasteiger partial charge in [-0.2, -0.15) is 0 Å². The second-order valence-electron chi connectivity index (χ2n) is 5.13. The zero-order valence-electron chi connectivity index (χ0n) is 12.9. The lowest BCUT2D eigenvalue weighted by Gasteiger charge is -2.06. The van der Waals surface area contributed by atoms with E-state index in [1.165, 1.54) is 0 Å². The zero-order chi connectivity index (χ0) is 16.3. The molecule has 0 N–H and O–H groups in total. The summed E-state index contributed by atoms with van der Waals surface area (Å²) in [6, 6.07) is 18.9. The Morgan fingerprint density at radius 1 is 0.739 bits per heavy atom. The van der Waals surface area contributed by atoms with Crippen molar-refractivity contribution in [3.05, 3.63) is 71.8 Å². The first-order valence-electron chi connectivity index (χ1n) is 7.63. The van der Waals surface area contributed by atoms with Crippen LogP contribution in [0.2, 0.25) is 0 Å². The average molecular weight is 312 g/mol. The van der Waals surface area contributed by atoms with Crippen LogP contribution in [0.15, 0.2) is 60.7 Å². The zero-order valence-corrected chi connectivity index (χ0v) is 12.9. The van der Waals surface area contributed by atoms with Crippen LogP contribution >= 0.6 is 0 Å². The molecule has 0 aromatic heterocycles. The van der Waals surface area contributed by atoms with Crippen LogP contribution in [0.25, 0.3) is 0 Å². The second kappa shape index (κ2) is 9.41. The second-order valence-corrected chi connectivity index (χ2v) is 5.13. The summed E-state index contributed by atoms with van der Waals surface area (Å²) in [5.74, 6) is -0.568. The molecule has 0 heterocycles. The molecule has 0 spiro atoms. The van der Waals surface area contributed by atoms with E-state index in [4.69, 9.17) is 9.47 Å². The fourth-order valence-electron chi connectivity index (χ4n) is 2.03. The Bertz CT molecular complexity index is 608. The van der Waals surface area contributed by atoms with E-state index >= 15 is 0 Å². The van der Waals surface area contributed by atoms with Gasteiger partial charge < -0.3 is 9.47 Å². The van der Waals surface area contributed by atoms with Crippen molar-refractivity contribution in [2.75, 3.05) is 6.61 Å². The fraction of sp³-hybridized carbons (Fsp3) is 0.263. The predicted molar refractivity (Wildman–Crippen MR) is 86.6 cm³/mol. The third-order valence-electron chi connectivity index (χ3n) is 3.22. The molecule has 2 aromatic rings. The molecule has 0 saturated carbocycles. The maximum atomic E-state index is 11.6. The lowest BCUT2D eigenvalue weighted by atomic mass is 10.2. The SMILES string of the molecule is O=C(CCCOC(=O)Cc1ccccc1)OCc1ccccc1. The summed E-state index contributed by atoms with van der Waals surface area (Å²) in [4.78, 5) is 23.2. The Morgan fingerprint density at radius 2 is 1.35 bits per heavy atom. The molecule has 120 valence electrons. The summed E-state index contributed by atoms with van der Waals surface area (Å²) in [5, 5.41) is 0. The van der Waals surface area contributed by atoms with Crippen molar-refractivity contribution in [3.8, 4) is 0 Å². The van der Waals surface area contributed by atoms with Crippen molar-refractivity contribution in [1.82, 2.24) is 0 Å². The van der Waals surface area contributed by atoms with E-state index in [0.717, 1.165) is 11.1 Å². The molecule has 0 atom stereocenters. The van der Waals surface area contributed by atoms with E-state index in [9.17, 15) is 9.59 Å². The molecular weight excluding hydrogens is 292 g/mol. The van der Waals surface area contributed by atoms with Crippen molar-refractivity contribution in [2.45, 2.75) is 25.9 Å². The third kappa shape index (κ3) is 6.78. The highest BCUT2D eigenvalue weighted by Gasteiger charge is 2.07. The van der Waals surface area contributed by atoms with Gasteiger partial charge in [-0.05, 0) is 17.5 Å². The molecule has 0 bridgehead atoms. The summed E-state index contributed by atoms with van der Waals surface area (Å²) < 4.78 is 10.3. The van der Waals surface area contributed by atoms with Gasteiger partial charge in [0, 0.05) is 6.42 Å². The van der Waals surface area contributed by atoms with Crippen molar-refractivity contribution in [3.63, 3.8) is 0 Å². The summed E-state index contributed by atoms with van der Waals surface area (Å²) in [6.45, 7) is 0.500. The number of hydrogen-bond donors (Lipinski definition) is 0. The molecule has 0 saturated heterocycles. The molecule has 0 aliphatic heterocycles. The van der Waals surface area contributed by atoms with Gasteiger partial charge in [0.2, 0.25) is 0 Å². The van der Waals surface area contributed by atoms with E-state index in [-0.39, 0.29) is 38.0 Å². The van der Waals surface area contributed by atoms with E-state index in [1.807, 2.05) is 60.7 Å². The fourth-order valence-corrected chi connectivity index (χ4v) is 2.03. The van der Waals surface area contributed by atoms with E-state index in [2.05, 4.69) is 0 Å². The van der Waals surface area contributed by atoms with Crippen molar-refractivity contribution in [2.24, 2.45) is 0 Å². The Balaban J connectivity index is 1.56. The van der Waals surface area contributed by atoms with E-state index in [0.29, 0.717) is 6.42 Å². The first-order valence-corrected chi connectivity index (χ1v) is 7.63. The average Bonchev–Trinajstić information content (AvgIpc) is 2.59. The number of esters is 2. The Kier molecular flexibility index (Phi) is 6.85.